The van der Waals surface area contributed by atoms with Crippen molar-refractivity contribution in [2.75, 3.05) is 6.54 Å². The first-order valence-corrected chi connectivity index (χ1v) is 7.55. The van der Waals surface area contributed by atoms with E-state index in [2.05, 4.69) is 46.9 Å². The minimum Gasteiger partial charge on any atom is -0.313 e. The quantitative estimate of drug-likeness (QED) is 0.738. The van der Waals surface area contributed by atoms with Crippen molar-refractivity contribution in [2.45, 2.75) is 79.7 Å². The van der Waals surface area contributed by atoms with Gasteiger partial charge < -0.3 is 5.32 Å². The van der Waals surface area contributed by atoms with Crippen molar-refractivity contribution in [3.63, 3.8) is 0 Å². The lowest BCUT2D eigenvalue weighted by Gasteiger charge is -2.46. The van der Waals surface area contributed by atoms with Crippen molar-refractivity contribution >= 4 is 0 Å². The SMILES string of the molecule is CCNC(C(C)(C)C)C1(CC(C)C)CCCC1. The maximum Gasteiger partial charge on any atom is 0.0172 e. The van der Waals surface area contributed by atoms with Gasteiger partial charge in [-0.3, -0.25) is 0 Å². The maximum absolute atomic E-state index is 3.81. The lowest BCUT2D eigenvalue weighted by molar-refractivity contribution is 0.0760. The van der Waals surface area contributed by atoms with Crippen LogP contribution in [0.2, 0.25) is 0 Å². The average Bonchev–Trinajstić information content (AvgIpc) is 2.60. The smallest absolute Gasteiger partial charge is 0.0172 e. The van der Waals surface area contributed by atoms with E-state index in [9.17, 15) is 0 Å². The molecule has 0 bridgehead atoms. The van der Waals surface area contributed by atoms with Gasteiger partial charge >= 0.3 is 0 Å². The van der Waals surface area contributed by atoms with E-state index in [0.717, 1.165) is 12.5 Å². The molecule has 0 aromatic carbocycles. The van der Waals surface area contributed by atoms with Gasteiger partial charge in [0.1, 0.15) is 0 Å². The van der Waals surface area contributed by atoms with Crippen LogP contribution in [-0.2, 0) is 0 Å². The second-order valence-electron chi connectivity index (χ2n) is 7.52. The summed E-state index contributed by atoms with van der Waals surface area (Å²) in [7, 11) is 0. The molecule has 0 saturated heterocycles. The fourth-order valence-corrected chi connectivity index (χ4v) is 4.15. The normalized spacial score (nSPS) is 22.1. The Balaban J connectivity index is 2.92. The molecule has 1 fully saturated rings. The Hall–Kier alpha value is -0.0400. The second kappa shape index (κ2) is 5.73. The molecule has 1 nitrogen and oxygen atoms in total. The molecule has 0 radical (unpaired) electrons. The van der Waals surface area contributed by atoms with Gasteiger partial charge in [0, 0.05) is 6.04 Å². The summed E-state index contributed by atoms with van der Waals surface area (Å²) in [4.78, 5) is 0. The van der Waals surface area contributed by atoms with Crippen LogP contribution < -0.4 is 5.32 Å². The van der Waals surface area contributed by atoms with Crippen LogP contribution in [0, 0.1) is 16.7 Å². The van der Waals surface area contributed by atoms with Crippen LogP contribution in [0.1, 0.15) is 73.6 Å². The Morgan fingerprint density at radius 1 is 1.12 bits per heavy atom. The lowest BCUT2D eigenvalue weighted by Crippen LogP contribution is -2.52. The molecule has 0 aliphatic heterocycles. The third-order valence-corrected chi connectivity index (χ3v) is 4.30. The van der Waals surface area contributed by atoms with Gasteiger partial charge in [-0.05, 0) is 42.6 Å². The molecule has 1 aliphatic rings. The fraction of sp³-hybridized carbons (Fsp3) is 1.00. The molecule has 1 aliphatic carbocycles. The number of rotatable bonds is 5. The Morgan fingerprint density at radius 3 is 2.00 bits per heavy atom. The van der Waals surface area contributed by atoms with Gasteiger partial charge in [0.15, 0.2) is 0 Å². The second-order valence-corrected chi connectivity index (χ2v) is 7.52. The summed E-state index contributed by atoms with van der Waals surface area (Å²) in [6.45, 7) is 15.3. The molecular weight excluding hydrogens is 206 g/mol. The summed E-state index contributed by atoms with van der Waals surface area (Å²) in [5.74, 6) is 0.816. The highest BCUT2D eigenvalue weighted by Gasteiger charge is 2.45. The van der Waals surface area contributed by atoms with Crippen LogP contribution in [0.15, 0.2) is 0 Å². The topological polar surface area (TPSA) is 12.0 Å². The summed E-state index contributed by atoms with van der Waals surface area (Å²) in [6.07, 6.45) is 7.12. The predicted molar refractivity (Wildman–Crippen MR) is 77.3 cm³/mol. The van der Waals surface area contributed by atoms with Gasteiger partial charge in [0.2, 0.25) is 0 Å². The van der Waals surface area contributed by atoms with E-state index in [-0.39, 0.29) is 0 Å². The first kappa shape index (κ1) is 15.0. The summed E-state index contributed by atoms with van der Waals surface area (Å²) >= 11 is 0. The minimum absolute atomic E-state index is 0.370. The zero-order chi connectivity index (χ0) is 13.1. The van der Waals surface area contributed by atoms with Crippen LogP contribution in [0.3, 0.4) is 0 Å². The zero-order valence-corrected chi connectivity index (χ0v) is 12.9. The van der Waals surface area contributed by atoms with E-state index in [0.29, 0.717) is 16.9 Å². The Morgan fingerprint density at radius 2 is 1.65 bits per heavy atom. The van der Waals surface area contributed by atoms with Crippen molar-refractivity contribution in [1.29, 1.82) is 0 Å². The fourth-order valence-electron chi connectivity index (χ4n) is 4.15. The Labute approximate surface area is 109 Å². The molecule has 0 aromatic rings. The van der Waals surface area contributed by atoms with Crippen molar-refractivity contribution in [3.8, 4) is 0 Å². The average molecular weight is 239 g/mol. The van der Waals surface area contributed by atoms with Crippen LogP contribution in [0.5, 0.6) is 0 Å². The van der Waals surface area contributed by atoms with E-state index in [1.54, 1.807) is 0 Å². The van der Waals surface area contributed by atoms with Crippen LogP contribution in [0.4, 0.5) is 0 Å². The predicted octanol–water partition coefficient (Wildman–Crippen LogP) is 4.62. The van der Waals surface area contributed by atoms with Crippen molar-refractivity contribution in [1.82, 2.24) is 5.32 Å². The molecule has 1 N–H and O–H groups in total. The number of hydrogen-bond donors (Lipinski definition) is 1. The summed E-state index contributed by atoms with van der Waals surface area (Å²) < 4.78 is 0. The van der Waals surface area contributed by atoms with Crippen molar-refractivity contribution in [2.24, 2.45) is 16.7 Å². The van der Waals surface area contributed by atoms with E-state index in [4.69, 9.17) is 0 Å². The third kappa shape index (κ3) is 3.71. The van der Waals surface area contributed by atoms with Gasteiger partial charge in [0.25, 0.3) is 0 Å². The monoisotopic (exact) mass is 239 g/mol. The lowest BCUT2D eigenvalue weighted by atomic mass is 9.64. The highest BCUT2D eigenvalue weighted by molar-refractivity contribution is 5.00. The maximum atomic E-state index is 3.81. The molecule has 0 spiro atoms. The highest BCUT2D eigenvalue weighted by atomic mass is 14.9. The zero-order valence-electron chi connectivity index (χ0n) is 12.9. The minimum atomic E-state index is 0.370. The molecule has 0 heterocycles. The molecule has 102 valence electrons. The summed E-state index contributed by atoms with van der Waals surface area (Å²) in [5, 5.41) is 3.81. The third-order valence-electron chi connectivity index (χ3n) is 4.30. The van der Waals surface area contributed by atoms with Crippen LogP contribution in [-0.4, -0.2) is 12.6 Å². The Bertz CT molecular complexity index is 218. The Kier molecular flexibility index (Phi) is 5.07. The molecule has 1 saturated carbocycles. The van der Waals surface area contributed by atoms with E-state index < -0.39 is 0 Å². The first-order chi connectivity index (χ1) is 7.82. The molecule has 1 heteroatoms. The molecule has 0 aromatic heterocycles. The standard InChI is InChI=1S/C16H33N/c1-7-17-14(15(4,5)6)16(12-13(2)3)10-8-9-11-16/h13-14,17H,7-12H2,1-6H3. The summed E-state index contributed by atoms with van der Waals surface area (Å²) in [6, 6.07) is 0.671. The van der Waals surface area contributed by atoms with Crippen molar-refractivity contribution in [3.05, 3.63) is 0 Å². The van der Waals surface area contributed by atoms with Crippen molar-refractivity contribution < 1.29 is 0 Å². The summed E-state index contributed by atoms with van der Waals surface area (Å²) in [5.41, 5.74) is 0.928. The first-order valence-electron chi connectivity index (χ1n) is 7.55. The highest BCUT2D eigenvalue weighted by Crippen LogP contribution is 2.50. The van der Waals surface area contributed by atoms with Gasteiger partial charge in [0.05, 0.1) is 0 Å². The van der Waals surface area contributed by atoms with E-state index in [1.165, 1.54) is 32.1 Å². The van der Waals surface area contributed by atoms with E-state index >= 15 is 0 Å². The van der Waals surface area contributed by atoms with Gasteiger partial charge in [-0.2, -0.15) is 0 Å². The van der Waals surface area contributed by atoms with Crippen LogP contribution in [0.25, 0.3) is 0 Å². The molecule has 1 unspecified atom stereocenters. The molecule has 0 amide bonds. The largest absolute Gasteiger partial charge is 0.313 e. The molecule has 1 rings (SSSR count). The molecule has 17 heavy (non-hydrogen) atoms. The number of hydrogen-bond acceptors (Lipinski definition) is 1. The molecule has 1 atom stereocenters. The molecular formula is C16H33N. The van der Waals surface area contributed by atoms with Gasteiger partial charge in [-0.1, -0.05) is 54.4 Å². The number of nitrogens with one attached hydrogen (secondary N) is 1. The van der Waals surface area contributed by atoms with Gasteiger partial charge in [-0.25, -0.2) is 0 Å². The van der Waals surface area contributed by atoms with Crippen LogP contribution >= 0.6 is 0 Å². The van der Waals surface area contributed by atoms with Gasteiger partial charge in [-0.15, -0.1) is 0 Å². The van der Waals surface area contributed by atoms with E-state index in [1.807, 2.05) is 0 Å².